The Labute approximate surface area is 90.1 Å². The lowest BCUT2D eigenvalue weighted by molar-refractivity contribution is 0.754. The van der Waals surface area contributed by atoms with Gasteiger partial charge in [0.15, 0.2) is 0 Å². The average Bonchev–Trinajstić information content (AvgIpc) is 2.17. The van der Waals surface area contributed by atoms with Crippen LogP contribution < -0.4 is 0 Å². The van der Waals surface area contributed by atoms with Crippen LogP contribution >= 0.6 is 0 Å². The fraction of sp³-hybridized carbons (Fsp3) is 0.714. The van der Waals surface area contributed by atoms with Gasteiger partial charge in [-0.05, 0) is 25.7 Å². The number of allylic oxidation sites excluding steroid dienone is 3. The van der Waals surface area contributed by atoms with E-state index in [1.807, 2.05) is 0 Å². The fourth-order valence-electron chi connectivity index (χ4n) is 1.98. The van der Waals surface area contributed by atoms with Gasteiger partial charge < -0.3 is 0 Å². The summed E-state index contributed by atoms with van der Waals surface area (Å²) < 4.78 is 0. The van der Waals surface area contributed by atoms with E-state index in [0.717, 1.165) is 6.42 Å². The first kappa shape index (κ1) is 13.5. The summed E-state index contributed by atoms with van der Waals surface area (Å²) in [5.74, 6) is 0. The van der Waals surface area contributed by atoms with Crippen molar-refractivity contribution in [2.75, 3.05) is 0 Å². The quantitative estimate of drug-likeness (QED) is 0.462. The fourth-order valence-corrected chi connectivity index (χ4v) is 1.98. The summed E-state index contributed by atoms with van der Waals surface area (Å²) in [6, 6.07) is 0. The van der Waals surface area contributed by atoms with E-state index < -0.39 is 0 Å². The summed E-state index contributed by atoms with van der Waals surface area (Å²) in [4.78, 5) is 0. The van der Waals surface area contributed by atoms with Gasteiger partial charge in [-0.1, -0.05) is 57.3 Å². The molecule has 0 radical (unpaired) electrons. The van der Waals surface area contributed by atoms with Crippen LogP contribution in [0.25, 0.3) is 0 Å². The Morgan fingerprint density at radius 2 is 1.29 bits per heavy atom. The van der Waals surface area contributed by atoms with Crippen molar-refractivity contribution in [1.82, 2.24) is 0 Å². The SMILES string of the molecule is C=CCC(CCC)=C(CCC)CCC. The second-order valence-corrected chi connectivity index (χ2v) is 3.95. The first-order valence-corrected chi connectivity index (χ1v) is 6.10. The second-order valence-electron chi connectivity index (χ2n) is 3.95. The van der Waals surface area contributed by atoms with Crippen LogP contribution in [0.5, 0.6) is 0 Å². The number of hydrogen-bond donors (Lipinski definition) is 0. The van der Waals surface area contributed by atoms with Gasteiger partial charge in [0.05, 0.1) is 0 Å². The second kappa shape index (κ2) is 9.05. The molecule has 0 nitrogen and oxygen atoms in total. The van der Waals surface area contributed by atoms with Gasteiger partial charge in [-0.15, -0.1) is 6.58 Å². The summed E-state index contributed by atoms with van der Waals surface area (Å²) in [5, 5.41) is 0. The summed E-state index contributed by atoms with van der Waals surface area (Å²) in [6.45, 7) is 10.7. The van der Waals surface area contributed by atoms with Crippen molar-refractivity contribution in [1.29, 1.82) is 0 Å². The van der Waals surface area contributed by atoms with E-state index in [9.17, 15) is 0 Å². The van der Waals surface area contributed by atoms with Gasteiger partial charge in [0.25, 0.3) is 0 Å². The van der Waals surface area contributed by atoms with Gasteiger partial charge >= 0.3 is 0 Å². The Bertz CT molecular complexity index is 166. The zero-order valence-corrected chi connectivity index (χ0v) is 10.2. The van der Waals surface area contributed by atoms with E-state index in [-0.39, 0.29) is 0 Å². The van der Waals surface area contributed by atoms with E-state index in [1.54, 1.807) is 11.1 Å². The average molecular weight is 194 g/mol. The van der Waals surface area contributed by atoms with Crippen LogP contribution in [-0.4, -0.2) is 0 Å². The zero-order valence-electron chi connectivity index (χ0n) is 10.2. The van der Waals surface area contributed by atoms with Gasteiger partial charge in [-0.2, -0.15) is 0 Å². The van der Waals surface area contributed by atoms with E-state index in [2.05, 4.69) is 33.4 Å². The van der Waals surface area contributed by atoms with E-state index in [0.29, 0.717) is 0 Å². The molecule has 0 aliphatic carbocycles. The molecule has 0 rings (SSSR count). The molecule has 0 aliphatic rings. The molecular weight excluding hydrogens is 168 g/mol. The molecule has 0 atom stereocenters. The largest absolute Gasteiger partial charge is 0.103 e. The minimum Gasteiger partial charge on any atom is -0.103 e. The molecule has 14 heavy (non-hydrogen) atoms. The molecule has 0 unspecified atom stereocenters. The van der Waals surface area contributed by atoms with Crippen molar-refractivity contribution < 1.29 is 0 Å². The lowest BCUT2D eigenvalue weighted by atomic mass is 9.94. The minimum atomic E-state index is 1.10. The van der Waals surface area contributed by atoms with Crippen LogP contribution in [0.1, 0.15) is 65.7 Å². The summed E-state index contributed by atoms with van der Waals surface area (Å²) in [5.41, 5.74) is 3.36. The van der Waals surface area contributed by atoms with Crippen molar-refractivity contribution in [3.8, 4) is 0 Å². The molecule has 0 aromatic rings. The molecular formula is C14H26. The standard InChI is InChI=1S/C14H26/c1-5-9-13(10-6-2)14(11-7-3)12-8-4/h5H,1,6-12H2,2-4H3. The topological polar surface area (TPSA) is 0 Å². The molecule has 0 amide bonds. The third-order valence-corrected chi connectivity index (χ3v) is 2.55. The molecule has 0 aliphatic heterocycles. The Morgan fingerprint density at radius 1 is 0.857 bits per heavy atom. The van der Waals surface area contributed by atoms with Crippen LogP contribution in [0.15, 0.2) is 23.8 Å². The molecule has 0 aromatic carbocycles. The number of hydrogen-bond acceptors (Lipinski definition) is 0. The highest BCUT2D eigenvalue weighted by Gasteiger charge is 2.03. The number of rotatable bonds is 8. The van der Waals surface area contributed by atoms with Crippen molar-refractivity contribution in [2.24, 2.45) is 0 Å². The maximum absolute atomic E-state index is 3.85. The molecule has 0 bridgehead atoms. The molecule has 0 aromatic heterocycles. The van der Waals surface area contributed by atoms with Crippen molar-refractivity contribution in [3.63, 3.8) is 0 Å². The summed E-state index contributed by atoms with van der Waals surface area (Å²) in [7, 11) is 0. The molecule has 0 heteroatoms. The predicted octanol–water partition coefficient (Wildman–Crippen LogP) is 5.26. The van der Waals surface area contributed by atoms with Gasteiger partial charge in [0, 0.05) is 0 Å². The minimum absolute atomic E-state index is 1.10. The normalized spacial score (nSPS) is 9.93. The van der Waals surface area contributed by atoms with Crippen LogP contribution in [0.2, 0.25) is 0 Å². The first-order valence-electron chi connectivity index (χ1n) is 6.10. The zero-order chi connectivity index (χ0) is 10.8. The van der Waals surface area contributed by atoms with E-state index in [1.165, 1.54) is 38.5 Å². The molecule has 0 fully saturated rings. The van der Waals surface area contributed by atoms with Crippen LogP contribution in [-0.2, 0) is 0 Å². The summed E-state index contributed by atoms with van der Waals surface area (Å²) >= 11 is 0. The molecule has 0 saturated carbocycles. The third kappa shape index (κ3) is 5.26. The third-order valence-electron chi connectivity index (χ3n) is 2.55. The maximum Gasteiger partial charge on any atom is -0.0139 e. The van der Waals surface area contributed by atoms with Gasteiger partial charge in [-0.3, -0.25) is 0 Å². The van der Waals surface area contributed by atoms with Crippen LogP contribution in [0, 0.1) is 0 Å². The monoisotopic (exact) mass is 194 g/mol. The van der Waals surface area contributed by atoms with Gasteiger partial charge in [-0.25, -0.2) is 0 Å². The molecule has 0 N–H and O–H groups in total. The Morgan fingerprint density at radius 3 is 1.64 bits per heavy atom. The van der Waals surface area contributed by atoms with E-state index in [4.69, 9.17) is 0 Å². The van der Waals surface area contributed by atoms with Crippen LogP contribution in [0.3, 0.4) is 0 Å². The smallest absolute Gasteiger partial charge is 0.0139 e. The highest BCUT2D eigenvalue weighted by Crippen LogP contribution is 2.23. The highest BCUT2D eigenvalue weighted by molar-refractivity contribution is 5.16. The molecule has 82 valence electrons. The van der Waals surface area contributed by atoms with Crippen molar-refractivity contribution in [2.45, 2.75) is 65.7 Å². The molecule has 0 saturated heterocycles. The molecule has 0 spiro atoms. The Hall–Kier alpha value is -0.520. The lowest BCUT2D eigenvalue weighted by Gasteiger charge is -2.12. The Kier molecular flexibility index (Phi) is 8.72. The van der Waals surface area contributed by atoms with Gasteiger partial charge in [0.2, 0.25) is 0 Å². The van der Waals surface area contributed by atoms with Crippen molar-refractivity contribution in [3.05, 3.63) is 23.8 Å². The van der Waals surface area contributed by atoms with Crippen LogP contribution in [0.4, 0.5) is 0 Å². The van der Waals surface area contributed by atoms with Gasteiger partial charge in [0.1, 0.15) is 0 Å². The Balaban J connectivity index is 4.52. The highest BCUT2D eigenvalue weighted by atomic mass is 14.1. The lowest BCUT2D eigenvalue weighted by Crippen LogP contribution is -1.92. The van der Waals surface area contributed by atoms with Crippen molar-refractivity contribution >= 4 is 0 Å². The summed E-state index contributed by atoms with van der Waals surface area (Å²) in [6.07, 6.45) is 10.8. The maximum atomic E-state index is 3.85. The predicted molar refractivity (Wildman–Crippen MR) is 66.6 cm³/mol. The molecule has 0 heterocycles. The van der Waals surface area contributed by atoms with E-state index >= 15 is 0 Å². The first-order chi connectivity index (χ1) is 6.79.